The topological polar surface area (TPSA) is 47.0 Å². The highest BCUT2D eigenvalue weighted by atomic mass is 16.5. The predicted octanol–water partition coefficient (Wildman–Crippen LogP) is 2.18. The molecule has 0 atom stereocenters. The highest BCUT2D eigenvalue weighted by molar-refractivity contribution is 5.35. The summed E-state index contributed by atoms with van der Waals surface area (Å²) < 4.78 is 5.59. The van der Waals surface area contributed by atoms with Gasteiger partial charge in [0.05, 0.1) is 11.1 Å². The third-order valence-corrected chi connectivity index (χ3v) is 4.66. The summed E-state index contributed by atoms with van der Waals surface area (Å²) in [4.78, 5) is 9.61. The maximum absolute atomic E-state index is 5.59. The van der Waals surface area contributed by atoms with E-state index in [4.69, 9.17) is 14.7 Å². The van der Waals surface area contributed by atoms with Crippen LogP contribution in [0.25, 0.3) is 0 Å². The minimum absolute atomic E-state index is 0.100. The van der Waals surface area contributed by atoms with Gasteiger partial charge in [-0.1, -0.05) is 30.3 Å². The number of nitrogens with one attached hydrogen (secondary N) is 1. The summed E-state index contributed by atoms with van der Waals surface area (Å²) in [5.74, 6) is 0.958. The van der Waals surface area contributed by atoms with E-state index in [9.17, 15) is 0 Å². The van der Waals surface area contributed by atoms with Crippen LogP contribution in [-0.4, -0.2) is 23.2 Å². The fraction of sp³-hybridized carbons (Fsp3) is 0.412. The van der Waals surface area contributed by atoms with Crippen molar-refractivity contribution in [2.45, 2.75) is 31.3 Å². The lowest BCUT2D eigenvalue weighted by Gasteiger charge is -2.36. The van der Waals surface area contributed by atoms with Gasteiger partial charge in [0.1, 0.15) is 5.82 Å². The van der Waals surface area contributed by atoms with Crippen LogP contribution in [0.15, 0.2) is 36.5 Å². The highest BCUT2D eigenvalue weighted by Gasteiger charge is 2.39. The van der Waals surface area contributed by atoms with E-state index >= 15 is 0 Å². The van der Waals surface area contributed by atoms with Crippen molar-refractivity contribution in [3.63, 3.8) is 0 Å². The average molecular weight is 281 g/mol. The quantitative estimate of drug-likeness (QED) is 0.916. The second kappa shape index (κ2) is 5.20. The third-order valence-electron chi connectivity index (χ3n) is 4.66. The summed E-state index contributed by atoms with van der Waals surface area (Å²) in [7, 11) is 0. The summed E-state index contributed by atoms with van der Waals surface area (Å²) in [6, 6.07) is 10.6. The molecule has 4 nitrogen and oxygen atoms in total. The summed E-state index contributed by atoms with van der Waals surface area (Å²) in [5, 5.41) is 3.34. The van der Waals surface area contributed by atoms with Crippen LogP contribution in [-0.2, 0) is 23.2 Å². The molecule has 1 aromatic heterocycles. The molecule has 0 amide bonds. The zero-order valence-electron chi connectivity index (χ0n) is 12.0. The fourth-order valence-electron chi connectivity index (χ4n) is 3.41. The summed E-state index contributed by atoms with van der Waals surface area (Å²) >= 11 is 0. The van der Waals surface area contributed by atoms with Crippen LogP contribution in [0.2, 0.25) is 0 Å². The molecule has 4 heteroatoms. The van der Waals surface area contributed by atoms with E-state index < -0.39 is 0 Å². The van der Waals surface area contributed by atoms with Gasteiger partial charge in [0.25, 0.3) is 0 Å². The highest BCUT2D eigenvalue weighted by Crippen LogP contribution is 2.39. The first kappa shape index (κ1) is 12.9. The van der Waals surface area contributed by atoms with Gasteiger partial charge >= 0.3 is 0 Å². The van der Waals surface area contributed by atoms with E-state index in [0.29, 0.717) is 0 Å². The van der Waals surface area contributed by atoms with Crippen molar-refractivity contribution in [3.8, 4) is 0 Å². The van der Waals surface area contributed by atoms with Gasteiger partial charge in [-0.05, 0) is 18.4 Å². The fourth-order valence-corrected chi connectivity index (χ4v) is 3.41. The summed E-state index contributed by atoms with van der Waals surface area (Å²) in [5.41, 5.74) is 3.59. The van der Waals surface area contributed by atoms with Crippen LogP contribution in [0.5, 0.6) is 0 Å². The molecule has 21 heavy (non-hydrogen) atoms. The van der Waals surface area contributed by atoms with Crippen molar-refractivity contribution in [1.82, 2.24) is 15.3 Å². The number of rotatable bonds is 2. The average Bonchev–Trinajstić information content (AvgIpc) is 3.04. The number of fused-ring (bicyclic) bond motifs is 1. The normalized spacial score (nSPS) is 20.2. The van der Waals surface area contributed by atoms with E-state index in [0.717, 1.165) is 50.7 Å². The van der Waals surface area contributed by atoms with Crippen LogP contribution in [0.3, 0.4) is 0 Å². The second-order valence-electron chi connectivity index (χ2n) is 5.83. The largest absolute Gasteiger partial charge is 0.381 e. The SMILES string of the molecule is c1ccc(C2(c3ncc4c(n3)CNC4)CCOCC2)cc1. The predicted molar refractivity (Wildman–Crippen MR) is 79.9 cm³/mol. The van der Waals surface area contributed by atoms with E-state index in [1.54, 1.807) is 0 Å². The lowest BCUT2D eigenvalue weighted by Crippen LogP contribution is -2.37. The van der Waals surface area contributed by atoms with Gasteiger partial charge in [-0.3, -0.25) is 0 Å². The molecule has 0 aliphatic carbocycles. The Kier molecular flexibility index (Phi) is 3.20. The van der Waals surface area contributed by atoms with Crippen molar-refractivity contribution in [1.29, 1.82) is 0 Å². The Morgan fingerprint density at radius 1 is 1.05 bits per heavy atom. The molecular formula is C17H19N3O. The van der Waals surface area contributed by atoms with E-state index in [-0.39, 0.29) is 5.41 Å². The Morgan fingerprint density at radius 2 is 1.86 bits per heavy atom. The first-order valence-electron chi connectivity index (χ1n) is 7.58. The number of nitrogens with zero attached hydrogens (tertiary/aromatic N) is 2. The lowest BCUT2D eigenvalue weighted by molar-refractivity contribution is 0.0604. The number of ether oxygens (including phenoxy) is 1. The van der Waals surface area contributed by atoms with Crippen LogP contribution in [0, 0.1) is 0 Å². The molecule has 1 saturated heterocycles. The third kappa shape index (κ3) is 2.15. The minimum atomic E-state index is -0.100. The molecule has 0 radical (unpaired) electrons. The number of hydrogen-bond acceptors (Lipinski definition) is 4. The molecule has 3 heterocycles. The number of hydrogen-bond donors (Lipinski definition) is 1. The molecule has 0 bridgehead atoms. The Hall–Kier alpha value is -1.78. The molecular weight excluding hydrogens is 262 g/mol. The standard InChI is InChI=1S/C17H19N3O/c1-2-4-14(5-3-1)17(6-8-21-9-7-17)16-19-11-13-10-18-12-15(13)20-16/h1-5,11,18H,6-10,12H2. The molecule has 0 spiro atoms. The van der Waals surface area contributed by atoms with Gasteiger partial charge in [-0.2, -0.15) is 0 Å². The van der Waals surface area contributed by atoms with E-state index in [2.05, 4.69) is 35.6 Å². The molecule has 2 aliphatic rings. The zero-order chi connectivity index (χ0) is 14.1. The van der Waals surface area contributed by atoms with Crippen molar-refractivity contribution < 1.29 is 4.74 Å². The van der Waals surface area contributed by atoms with Crippen LogP contribution in [0.1, 0.15) is 35.5 Å². The van der Waals surface area contributed by atoms with Gasteiger partial charge in [-0.15, -0.1) is 0 Å². The van der Waals surface area contributed by atoms with Crippen LogP contribution >= 0.6 is 0 Å². The molecule has 2 aromatic rings. The van der Waals surface area contributed by atoms with Crippen molar-refractivity contribution in [2.24, 2.45) is 0 Å². The zero-order valence-corrected chi connectivity index (χ0v) is 12.0. The van der Waals surface area contributed by atoms with Crippen molar-refractivity contribution in [3.05, 3.63) is 59.2 Å². The summed E-state index contributed by atoms with van der Waals surface area (Å²) in [6.07, 6.45) is 3.89. The van der Waals surface area contributed by atoms with Gasteiger partial charge in [0.15, 0.2) is 0 Å². The van der Waals surface area contributed by atoms with Gasteiger partial charge in [0.2, 0.25) is 0 Å². The first-order valence-corrected chi connectivity index (χ1v) is 7.58. The molecule has 0 unspecified atom stereocenters. The monoisotopic (exact) mass is 281 g/mol. The summed E-state index contributed by atoms with van der Waals surface area (Å²) in [6.45, 7) is 3.28. The van der Waals surface area contributed by atoms with E-state index in [1.165, 1.54) is 11.1 Å². The molecule has 1 fully saturated rings. The van der Waals surface area contributed by atoms with Crippen LogP contribution in [0.4, 0.5) is 0 Å². The van der Waals surface area contributed by atoms with Gasteiger partial charge in [0, 0.05) is 38.1 Å². The van der Waals surface area contributed by atoms with E-state index in [1.807, 2.05) is 6.20 Å². The Morgan fingerprint density at radius 3 is 2.67 bits per heavy atom. The maximum atomic E-state index is 5.59. The minimum Gasteiger partial charge on any atom is -0.381 e. The molecule has 0 saturated carbocycles. The molecule has 1 aromatic carbocycles. The molecule has 1 N–H and O–H groups in total. The first-order chi connectivity index (χ1) is 10.4. The Labute approximate surface area is 124 Å². The van der Waals surface area contributed by atoms with Crippen molar-refractivity contribution in [2.75, 3.05) is 13.2 Å². The Balaban J connectivity index is 1.83. The smallest absolute Gasteiger partial charge is 0.139 e. The van der Waals surface area contributed by atoms with Gasteiger partial charge in [-0.25, -0.2) is 9.97 Å². The second-order valence-corrected chi connectivity index (χ2v) is 5.83. The molecule has 2 aliphatic heterocycles. The molecule has 108 valence electrons. The van der Waals surface area contributed by atoms with Gasteiger partial charge < -0.3 is 10.1 Å². The van der Waals surface area contributed by atoms with Crippen molar-refractivity contribution >= 4 is 0 Å². The molecule has 4 rings (SSSR count). The Bertz CT molecular complexity index is 636. The van der Waals surface area contributed by atoms with Crippen LogP contribution < -0.4 is 5.32 Å². The number of aromatic nitrogens is 2. The maximum Gasteiger partial charge on any atom is 0.139 e. The number of benzene rings is 1. The lowest BCUT2D eigenvalue weighted by atomic mass is 9.73.